The van der Waals surface area contributed by atoms with Crippen molar-refractivity contribution in [1.82, 2.24) is 0 Å². The van der Waals surface area contributed by atoms with Gasteiger partial charge < -0.3 is 15.0 Å². The molecule has 0 bridgehead atoms. The molecule has 1 amide bonds. The largest absolute Gasteiger partial charge is 0.378 e. The van der Waals surface area contributed by atoms with Crippen LogP contribution >= 0.6 is 11.6 Å². The Morgan fingerprint density at radius 3 is 2.16 bits per heavy atom. The van der Waals surface area contributed by atoms with Gasteiger partial charge in [0.2, 0.25) is 0 Å². The number of anilines is 4. The van der Waals surface area contributed by atoms with Crippen LogP contribution in [-0.4, -0.2) is 49.0 Å². The van der Waals surface area contributed by atoms with Gasteiger partial charge >= 0.3 is 0 Å². The fourth-order valence-electron chi connectivity index (χ4n) is 4.77. The van der Waals surface area contributed by atoms with Gasteiger partial charge in [-0.25, -0.2) is 16.8 Å². The molecule has 1 aliphatic heterocycles. The SMILES string of the molecule is Cc1ccc(C)c(S(=O)(=O)Nc2ccccc2C(=O)Nc2cc(S(=O)(=O)Nc3ccccc3Cl)ccc2N2CCOCC2)c1. The quantitative estimate of drug-likeness (QED) is 0.212. The van der Waals surface area contributed by atoms with Gasteiger partial charge in [-0.1, -0.05) is 48.0 Å². The van der Waals surface area contributed by atoms with Gasteiger partial charge in [-0.15, -0.1) is 0 Å². The lowest BCUT2D eigenvalue weighted by atomic mass is 10.1. The molecule has 0 aromatic heterocycles. The molecule has 1 fully saturated rings. The van der Waals surface area contributed by atoms with Crippen LogP contribution in [0.4, 0.5) is 22.7 Å². The number of morpholine rings is 1. The maximum Gasteiger partial charge on any atom is 0.262 e. The fourth-order valence-corrected chi connectivity index (χ4v) is 7.52. The second-order valence-electron chi connectivity index (χ2n) is 10.2. The van der Waals surface area contributed by atoms with Crippen LogP contribution in [-0.2, 0) is 24.8 Å². The van der Waals surface area contributed by atoms with E-state index in [0.717, 1.165) is 5.56 Å². The average molecular weight is 655 g/mol. The molecule has 44 heavy (non-hydrogen) atoms. The summed E-state index contributed by atoms with van der Waals surface area (Å²) in [5, 5.41) is 3.05. The highest BCUT2D eigenvalue weighted by atomic mass is 35.5. The molecule has 0 saturated carbocycles. The van der Waals surface area contributed by atoms with Crippen molar-refractivity contribution in [2.45, 2.75) is 23.6 Å². The third-order valence-corrected chi connectivity index (χ3v) is 10.2. The number of nitrogens with one attached hydrogen (secondary N) is 3. The number of hydrogen-bond acceptors (Lipinski definition) is 7. The number of benzene rings is 4. The fraction of sp³-hybridized carbons (Fsp3) is 0.194. The average Bonchev–Trinajstić information content (AvgIpc) is 3.00. The summed E-state index contributed by atoms with van der Waals surface area (Å²) in [6.45, 7) is 5.47. The minimum absolute atomic E-state index is 0.0526. The van der Waals surface area contributed by atoms with Crippen LogP contribution in [0.5, 0.6) is 0 Å². The van der Waals surface area contributed by atoms with Crippen molar-refractivity contribution in [3.8, 4) is 0 Å². The zero-order chi connectivity index (χ0) is 31.5. The van der Waals surface area contributed by atoms with Crippen LogP contribution < -0.4 is 19.7 Å². The van der Waals surface area contributed by atoms with E-state index >= 15 is 0 Å². The molecule has 1 heterocycles. The van der Waals surface area contributed by atoms with Crippen LogP contribution in [0.15, 0.2) is 94.7 Å². The van der Waals surface area contributed by atoms with Gasteiger partial charge in [-0.05, 0) is 73.5 Å². The van der Waals surface area contributed by atoms with Gasteiger partial charge in [0.1, 0.15) is 0 Å². The van der Waals surface area contributed by atoms with E-state index in [-0.39, 0.29) is 37.4 Å². The van der Waals surface area contributed by atoms with Crippen molar-refractivity contribution < 1.29 is 26.4 Å². The Labute approximate surface area is 262 Å². The number of sulfonamides is 2. The van der Waals surface area contributed by atoms with Crippen LogP contribution in [0, 0.1) is 13.8 Å². The lowest BCUT2D eigenvalue weighted by Crippen LogP contribution is -2.37. The van der Waals surface area contributed by atoms with Gasteiger partial charge in [0, 0.05) is 13.1 Å². The van der Waals surface area contributed by atoms with Crippen molar-refractivity contribution in [2.24, 2.45) is 0 Å². The van der Waals surface area contributed by atoms with E-state index in [2.05, 4.69) is 14.8 Å². The van der Waals surface area contributed by atoms with Crippen LogP contribution in [0.1, 0.15) is 21.5 Å². The molecule has 5 rings (SSSR count). The number of hydrogen-bond donors (Lipinski definition) is 3. The molecule has 0 radical (unpaired) electrons. The highest BCUT2D eigenvalue weighted by Gasteiger charge is 2.24. The summed E-state index contributed by atoms with van der Waals surface area (Å²) in [5.74, 6) is -0.632. The number of nitrogens with zero attached hydrogens (tertiary/aromatic N) is 1. The first-order valence-electron chi connectivity index (χ1n) is 13.7. The smallest absolute Gasteiger partial charge is 0.262 e. The molecule has 0 atom stereocenters. The maximum absolute atomic E-state index is 13.7. The number of amides is 1. The highest BCUT2D eigenvalue weighted by Crippen LogP contribution is 2.33. The second-order valence-corrected chi connectivity index (χ2v) is 14.0. The van der Waals surface area contributed by atoms with Crippen molar-refractivity contribution in [3.05, 3.63) is 107 Å². The molecular weight excluding hydrogens is 624 g/mol. The number of halogens is 1. The molecule has 0 aliphatic carbocycles. The van der Waals surface area contributed by atoms with Crippen LogP contribution in [0.2, 0.25) is 5.02 Å². The van der Waals surface area contributed by atoms with E-state index in [1.165, 1.54) is 24.3 Å². The van der Waals surface area contributed by atoms with E-state index in [9.17, 15) is 21.6 Å². The normalized spacial score (nSPS) is 13.8. The van der Waals surface area contributed by atoms with Gasteiger partial charge in [-0.2, -0.15) is 0 Å². The molecule has 1 saturated heterocycles. The lowest BCUT2D eigenvalue weighted by molar-refractivity contribution is 0.102. The number of carbonyl (C=O) groups excluding carboxylic acids is 1. The molecule has 0 spiro atoms. The third-order valence-electron chi connectivity index (χ3n) is 7.05. The van der Waals surface area contributed by atoms with E-state index in [4.69, 9.17) is 16.3 Å². The molecule has 0 unspecified atom stereocenters. The first kappa shape index (κ1) is 31.3. The first-order chi connectivity index (χ1) is 20.9. The van der Waals surface area contributed by atoms with Crippen molar-refractivity contribution >= 4 is 60.3 Å². The molecule has 1 aliphatic rings. The van der Waals surface area contributed by atoms with Crippen LogP contribution in [0.3, 0.4) is 0 Å². The molecule has 230 valence electrons. The molecular formula is C31H31ClN4O6S2. The van der Waals surface area contributed by atoms with E-state index < -0.39 is 26.0 Å². The number of ether oxygens (including phenoxy) is 1. The Morgan fingerprint density at radius 2 is 1.43 bits per heavy atom. The predicted octanol–water partition coefficient (Wildman–Crippen LogP) is 5.65. The summed E-state index contributed by atoms with van der Waals surface area (Å²) in [5.41, 5.74) is 2.49. The zero-order valence-corrected chi connectivity index (χ0v) is 26.4. The summed E-state index contributed by atoms with van der Waals surface area (Å²) >= 11 is 6.18. The highest BCUT2D eigenvalue weighted by molar-refractivity contribution is 7.93. The summed E-state index contributed by atoms with van der Waals surface area (Å²) in [6, 6.07) is 22.2. The summed E-state index contributed by atoms with van der Waals surface area (Å²) < 4.78 is 63.9. The topological polar surface area (TPSA) is 134 Å². The standard InChI is InChI=1S/C31H31ClN4O6S2/c1-21-11-12-22(2)30(19-21)44(40,41)34-26-9-5-3-7-24(26)31(37)33-28-20-23(13-14-29(28)36-15-17-42-18-16-36)43(38,39)35-27-10-6-4-8-25(27)32/h3-14,19-20,34-35H,15-18H2,1-2H3,(H,33,37). The van der Waals surface area contributed by atoms with Crippen LogP contribution in [0.25, 0.3) is 0 Å². The Hall–Kier alpha value is -4.10. The number of para-hydroxylation sites is 2. The van der Waals surface area contributed by atoms with E-state index in [0.29, 0.717) is 37.6 Å². The maximum atomic E-state index is 13.7. The Morgan fingerprint density at radius 1 is 0.773 bits per heavy atom. The number of aryl methyl sites for hydroxylation is 2. The molecule has 4 aromatic carbocycles. The Balaban J connectivity index is 1.49. The lowest BCUT2D eigenvalue weighted by Gasteiger charge is -2.31. The summed E-state index contributed by atoms with van der Waals surface area (Å²) in [6.07, 6.45) is 0. The van der Waals surface area contributed by atoms with Crippen molar-refractivity contribution in [3.63, 3.8) is 0 Å². The van der Waals surface area contributed by atoms with E-state index in [1.807, 2.05) is 11.0 Å². The zero-order valence-electron chi connectivity index (χ0n) is 24.0. The minimum atomic E-state index is -4.10. The van der Waals surface area contributed by atoms with Gasteiger partial charge in [0.15, 0.2) is 0 Å². The second kappa shape index (κ2) is 12.9. The third kappa shape index (κ3) is 6.99. The molecule has 13 heteroatoms. The Bertz CT molecular complexity index is 1930. The number of rotatable bonds is 9. The first-order valence-corrected chi connectivity index (χ1v) is 17.0. The number of carbonyl (C=O) groups is 1. The Kier molecular flexibility index (Phi) is 9.16. The van der Waals surface area contributed by atoms with Crippen molar-refractivity contribution in [1.29, 1.82) is 0 Å². The minimum Gasteiger partial charge on any atom is -0.378 e. The summed E-state index contributed by atoms with van der Waals surface area (Å²) in [7, 11) is -8.13. The van der Waals surface area contributed by atoms with Gasteiger partial charge in [-0.3, -0.25) is 14.2 Å². The predicted molar refractivity (Wildman–Crippen MR) is 173 cm³/mol. The molecule has 10 nitrogen and oxygen atoms in total. The molecule has 4 aromatic rings. The monoisotopic (exact) mass is 654 g/mol. The van der Waals surface area contributed by atoms with Gasteiger partial charge in [0.05, 0.1) is 56.3 Å². The van der Waals surface area contributed by atoms with E-state index in [1.54, 1.807) is 68.4 Å². The summed E-state index contributed by atoms with van der Waals surface area (Å²) in [4.78, 5) is 15.7. The van der Waals surface area contributed by atoms with Crippen molar-refractivity contribution in [2.75, 3.05) is 46.0 Å². The van der Waals surface area contributed by atoms with Gasteiger partial charge in [0.25, 0.3) is 26.0 Å². The molecule has 3 N–H and O–H groups in total.